The highest BCUT2D eigenvalue weighted by Crippen LogP contribution is 2.33. The van der Waals surface area contributed by atoms with Crippen LogP contribution in [0, 0.1) is 5.92 Å². The summed E-state index contributed by atoms with van der Waals surface area (Å²) < 4.78 is 6.02. The molecule has 3 N–H and O–H groups in total. The van der Waals surface area contributed by atoms with Crippen molar-refractivity contribution in [1.82, 2.24) is 20.9 Å². The molecule has 0 aromatic carbocycles. The van der Waals surface area contributed by atoms with Gasteiger partial charge < -0.3 is 25.6 Å². The van der Waals surface area contributed by atoms with Crippen molar-refractivity contribution in [2.24, 2.45) is 5.92 Å². The van der Waals surface area contributed by atoms with Gasteiger partial charge in [-0.15, -0.1) is 0 Å². The van der Waals surface area contributed by atoms with E-state index in [1.807, 2.05) is 6.08 Å². The molecule has 0 aromatic rings. The fourth-order valence-electron chi connectivity index (χ4n) is 3.60. The number of hydrogen-bond donors (Lipinski definition) is 3. The van der Waals surface area contributed by atoms with Crippen LogP contribution in [0.5, 0.6) is 0 Å². The van der Waals surface area contributed by atoms with Crippen LogP contribution in [0.25, 0.3) is 0 Å². The van der Waals surface area contributed by atoms with E-state index in [1.54, 1.807) is 7.05 Å². The minimum Gasteiger partial charge on any atom is -0.492 e. The summed E-state index contributed by atoms with van der Waals surface area (Å²) in [5, 5.41) is 8.73. The van der Waals surface area contributed by atoms with Gasteiger partial charge in [-0.05, 0) is 49.7 Å². The Labute approximate surface area is 177 Å². The van der Waals surface area contributed by atoms with Gasteiger partial charge in [0.15, 0.2) is 0 Å². The number of carbonyl (C=O) groups excluding carboxylic acids is 3. The molecule has 1 aliphatic heterocycles. The second kappa shape index (κ2) is 11.0. The molecule has 1 atom stereocenters. The SMILES string of the molecule is CN1CC(=O)NCC(=O)NCCCC2=C(C=CCC=C2)OCCNC(C2CC2)C1=O. The highest BCUT2D eigenvalue weighted by molar-refractivity contribution is 5.89. The topological polar surface area (TPSA) is 99.8 Å². The van der Waals surface area contributed by atoms with Gasteiger partial charge in [0.2, 0.25) is 17.7 Å². The van der Waals surface area contributed by atoms with Gasteiger partial charge in [-0.1, -0.05) is 18.2 Å². The van der Waals surface area contributed by atoms with Gasteiger partial charge in [0.25, 0.3) is 0 Å². The van der Waals surface area contributed by atoms with Crippen molar-refractivity contribution in [3.63, 3.8) is 0 Å². The zero-order chi connectivity index (χ0) is 21.3. The molecule has 0 aromatic heterocycles. The van der Waals surface area contributed by atoms with Crippen LogP contribution < -0.4 is 16.0 Å². The first-order valence-electron chi connectivity index (χ1n) is 10.8. The molecule has 3 aliphatic rings. The van der Waals surface area contributed by atoms with Crippen LogP contribution >= 0.6 is 0 Å². The lowest BCUT2D eigenvalue weighted by Crippen LogP contribution is -2.50. The first-order chi connectivity index (χ1) is 14.5. The minimum atomic E-state index is -0.342. The van der Waals surface area contributed by atoms with Crippen molar-refractivity contribution in [2.45, 2.75) is 38.1 Å². The molecular weight excluding hydrogens is 384 g/mol. The molecule has 8 heteroatoms. The number of rotatable bonds is 1. The second-order valence-corrected chi connectivity index (χ2v) is 7.97. The van der Waals surface area contributed by atoms with Crippen LogP contribution in [0.2, 0.25) is 0 Å². The van der Waals surface area contributed by atoms with E-state index in [-0.39, 0.29) is 36.9 Å². The lowest BCUT2D eigenvalue weighted by Gasteiger charge is -2.24. The van der Waals surface area contributed by atoms with Gasteiger partial charge in [-0.2, -0.15) is 0 Å². The quantitative estimate of drug-likeness (QED) is 0.582. The second-order valence-electron chi connectivity index (χ2n) is 7.97. The van der Waals surface area contributed by atoms with Gasteiger partial charge in [0, 0.05) is 20.1 Å². The minimum absolute atomic E-state index is 0.0686. The predicted molar refractivity (Wildman–Crippen MR) is 113 cm³/mol. The lowest BCUT2D eigenvalue weighted by atomic mass is 10.1. The summed E-state index contributed by atoms with van der Waals surface area (Å²) in [6.07, 6.45) is 12.7. The molecule has 0 saturated heterocycles. The van der Waals surface area contributed by atoms with Gasteiger partial charge in [-0.3, -0.25) is 14.4 Å². The normalized spacial score (nSPS) is 25.4. The third-order valence-electron chi connectivity index (χ3n) is 5.41. The number of nitrogens with zero attached hydrogens (tertiary/aromatic N) is 1. The summed E-state index contributed by atoms with van der Waals surface area (Å²) in [7, 11) is 1.62. The summed E-state index contributed by atoms with van der Waals surface area (Å²) >= 11 is 0. The summed E-state index contributed by atoms with van der Waals surface area (Å²) in [5.41, 5.74) is 1.10. The number of hydrogen-bond acceptors (Lipinski definition) is 5. The van der Waals surface area contributed by atoms with E-state index in [0.717, 1.165) is 43.4 Å². The van der Waals surface area contributed by atoms with E-state index in [2.05, 4.69) is 34.2 Å². The predicted octanol–water partition coefficient (Wildman–Crippen LogP) is 0.626. The lowest BCUT2D eigenvalue weighted by molar-refractivity contribution is -0.137. The molecule has 0 radical (unpaired) electrons. The highest BCUT2D eigenvalue weighted by Gasteiger charge is 2.37. The van der Waals surface area contributed by atoms with Crippen LogP contribution in [0.3, 0.4) is 0 Å². The molecule has 2 aliphatic carbocycles. The zero-order valence-corrected chi connectivity index (χ0v) is 17.6. The molecule has 3 rings (SSSR count). The molecule has 164 valence electrons. The van der Waals surface area contributed by atoms with Crippen molar-refractivity contribution in [3.05, 3.63) is 35.6 Å². The molecular formula is C22H32N4O4. The van der Waals surface area contributed by atoms with Crippen molar-refractivity contribution in [3.8, 4) is 0 Å². The summed E-state index contributed by atoms with van der Waals surface area (Å²) in [6.45, 7) is 1.36. The molecule has 1 unspecified atom stereocenters. The third kappa shape index (κ3) is 6.73. The largest absolute Gasteiger partial charge is 0.492 e. The van der Waals surface area contributed by atoms with E-state index in [0.29, 0.717) is 25.6 Å². The molecule has 0 bridgehead atoms. The Balaban J connectivity index is 1.69. The molecule has 8 nitrogen and oxygen atoms in total. The third-order valence-corrected chi connectivity index (χ3v) is 5.41. The van der Waals surface area contributed by atoms with Crippen molar-refractivity contribution >= 4 is 17.7 Å². The number of ether oxygens (including phenoxy) is 1. The average molecular weight is 417 g/mol. The van der Waals surface area contributed by atoms with E-state index >= 15 is 0 Å². The van der Waals surface area contributed by atoms with Crippen molar-refractivity contribution < 1.29 is 19.1 Å². The Morgan fingerprint density at radius 2 is 1.83 bits per heavy atom. The summed E-state index contributed by atoms with van der Waals surface area (Å²) in [6, 6.07) is -0.313. The van der Waals surface area contributed by atoms with Gasteiger partial charge >= 0.3 is 0 Å². The zero-order valence-electron chi connectivity index (χ0n) is 17.6. The van der Waals surface area contributed by atoms with Crippen molar-refractivity contribution in [1.29, 1.82) is 0 Å². The van der Waals surface area contributed by atoms with E-state index in [1.165, 1.54) is 4.90 Å². The monoisotopic (exact) mass is 416 g/mol. The van der Waals surface area contributed by atoms with Crippen LogP contribution in [0.4, 0.5) is 0 Å². The Kier molecular flexibility index (Phi) is 8.07. The first-order valence-corrected chi connectivity index (χ1v) is 10.8. The Morgan fingerprint density at radius 3 is 2.63 bits per heavy atom. The maximum atomic E-state index is 12.8. The van der Waals surface area contributed by atoms with Gasteiger partial charge in [0.1, 0.15) is 12.4 Å². The van der Waals surface area contributed by atoms with Crippen molar-refractivity contribution in [2.75, 3.05) is 39.8 Å². The maximum absolute atomic E-state index is 12.8. The van der Waals surface area contributed by atoms with Gasteiger partial charge in [0.05, 0.1) is 19.1 Å². The molecule has 1 saturated carbocycles. The van der Waals surface area contributed by atoms with Crippen LogP contribution in [0.1, 0.15) is 32.1 Å². The first kappa shape index (κ1) is 22.1. The van der Waals surface area contributed by atoms with Crippen LogP contribution in [0.15, 0.2) is 35.6 Å². The van der Waals surface area contributed by atoms with E-state index < -0.39 is 0 Å². The van der Waals surface area contributed by atoms with Crippen LogP contribution in [-0.4, -0.2) is 68.5 Å². The number of nitrogens with one attached hydrogen (secondary N) is 3. The fourth-order valence-corrected chi connectivity index (χ4v) is 3.60. The molecule has 1 heterocycles. The molecule has 3 amide bonds. The maximum Gasteiger partial charge on any atom is 0.240 e. The van der Waals surface area contributed by atoms with E-state index in [4.69, 9.17) is 4.74 Å². The Morgan fingerprint density at radius 1 is 1.03 bits per heavy atom. The van der Waals surface area contributed by atoms with E-state index in [9.17, 15) is 14.4 Å². The smallest absolute Gasteiger partial charge is 0.240 e. The number of amides is 3. The standard InChI is InChI=1S/C22H32N4O4/c1-26-15-20(28)25-14-19(27)23-11-5-7-16-6-3-2-4-8-18(16)30-13-12-24-21(22(26)29)17-9-10-17/h3-4,6,8,17,21,24H,2,5,7,9-15H2,1H3,(H,23,27)(H,25,28). The fraction of sp³-hybridized carbons (Fsp3) is 0.591. The molecule has 30 heavy (non-hydrogen) atoms. The molecule has 0 spiro atoms. The van der Waals surface area contributed by atoms with Crippen LogP contribution in [-0.2, 0) is 19.1 Å². The summed E-state index contributed by atoms with van der Waals surface area (Å²) in [5.74, 6) is 0.463. The number of carbonyl (C=O) groups is 3. The number of likely N-dealkylation sites (N-methyl/N-ethyl adjacent to an activating group) is 1. The Hall–Kier alpha value is -2.61. The molecule has 1 fully saturated rings. The summed E-state index contributed by atoms with van der Waals surface area (Å²) in [4.78, 5) is 38.4. The van der Waals surface area contributed by atoms with Gasteiger partial charge in [-0.25, -0.2) is 0 Å². The Bertz CT molecular complexity index is 739. The highest BCUT2D eigenvalue weighted by atomic mass is 16.5. The number of allylic oxidation sites excluding steroid dienone is 5. The average Bonchev–Trinajstić information content (AvgIpc) is 3.57.